The van der Waals surface area contributed by atoms with Crippen molar-refractivity contribution < 1.29 is 22.6 Å². The van der Waals surface area contributed by atoms with Crippen molar-refractivity contribution in [2.75, 3.05) is 13.2 Å². The number of unbranched alkanes of at least 4 members (excludes halogenated alkanes) is 1. The summed E-state index contributed by atoms with van der Waals surface area (Å²) in [5.74, 6) is -1.68. The van der Waals surface area contributed by atoms with E-state index in [1.165, 1.54) is 6.07 Å². The third kappa shape index (κ3) is 6.08. The highest BCUT2D eigenvalue weighted by Gasteiger charge is 2.24. The van der Waals surface area contributed by atoms with Crippen molar-refractivity contribution in [3.8, 4) is 22.3 Å². The van der Waals surface area contributed by atoms with Crippen molar-refractivity contribution in [3.63, 3.8) is 0 Å². The Labute approximate surface area is 211 Å². The Morgan fingerprint density at radius 2 is 1.53 bits per heavy atom. The van der Waals surface area contributed by atoms with Crippen LogP contribution in [0.2, 0.25) is 0 Å². The third-order valence-electron chi connectivity index (χ3n) is 6.68. The number of aryl methyl sites for hydroxylation is 1. The van der Waals surface area contributed by atoms with Crippen LogP contribution in [0.15, 0.2) is 66.7 Å². The van der Waals surface area contributed by atoms with E-state index >= 15 is 4.39 Å². The molecule has 36 heavy (non-hydrogen) atoms. The molecule has 1 aliphatic heterocycles. The van der Waals surface area contributed by atoms with Gasteiger partial charge in [-0.15, -0.1) is 0 Å². The van der Waals surface area contributed by atoms with Crippen LogP contribution in [0.1, 0.15) is 56.9 Å². The molecule has 3 aromatic rings. The normalized spacial score (nSPS) is 18.1. The fourth-order valence-electron chi connectivity index (χ4n) is 4.52. The number of rotatable bonds is 9. The number of hydrogen-bond donors (Lipinski definition) is 0. The van der Waals surface area contributed by atoms with Crippen LogP contribution < -0.4 is 0 Å². The van der Waals surface area contributed by atoms with E-state index < -0.39 is 17.9 Å². The van der Waals surface area contributed by atoms with Crippen LogP contribution >= 0.6 is 0 Å². The topological polar surface area (TPSA) is 18.5 Å². The van der Waals surface area contributed by atoms with Gasteiger partial charge in [0.15, 0.2) is 17.9 Å². The van der Waals surface area contributed by atoms with Gasteiger partial charge in [0.2, 0.25) is 0 Å². The number of halogens is 3. The van der Waals surface area contributed by atoms with Gasteiger partial charge in [0.25, 0.3) is 0 Å². The highest BCUT2D eigenvalue weighted by molar-refractivity contribution is 5.71. The Kier molecular flexibility index (Phi) is 9.00. The van der Waals surface area contributed by atoms with Gasteiger partial charge in [-0.2, -0.15) is 0 Å². The van der Waals surface area contributed by atoms with Gasteiger partial charge in [-0.25, -0.2) is 13.2 Å². The predicted molar refractivity (Wildman–Crippen MR) is 138 cm³/mol. The summed E-state index contributed by atoms with van der Waals surface area (Å²) in [4.78, 5) is 0. The Morgan fingerprint density at radius 1 is 0.861 bits per heavy atom. The molecule has 0 aliphatic carbocycles. The molecule has 0 N–H and O–H groups in total. The zero-order chi connectivity index (χ0) is 25.5. The lowest BCUT2D eigenvalue weighted by Gasteiger charge is -2.29. The van der Waals surface area contributed by atoms with E-state index in [-0.39, 0.29) is 11.4 Å². The van der Waals surface area contributed by atoms with Crippen LogP contribution in [0.5, 0.6) is 0 Å². The molecule has 0 unspecified atom stereocenters. The standard InChI is InChI=1S/C31H33F3O2/c1-3-5-7-8-21-19-35-31(36-20-21)25-15-16-26(28(32)18-25)22-10-12-23(13-11-22)27-17-14-24(9-6-4-2)29(33)30(27)34/h3,5,10-18,21,31H,4,6-9,19-20H2,1-2H3/b5-3+. The van der Waals surface area contributed by atoms with Crippen molar-refractivity contribution in [3.05, 3.63) is 95.3 Å². The first kappa shape index (κ1) is 26.2. The van der Waals surface area contributed by atoms with Gasteiger partial charge in [-0.1, -0.05) is 74.0 Å². The molecular formula is C31H33F3O2. The SMILES string of the molecule is C/C=C/CCC1COC(c2ccc(-c3ccc(-c4ccc(CCCC)c(F)c4F)cc3)c(F)c2)OC1. The lowest BCUT2D eigenvalue weighted by atomic mass is 9.97. The van der Waals surface area contributed by atoms with Crippen molar-refractivity contribution in [1.29, 1.82) is 0 Å². The molecule has 2 nitrogen and oxygen atoms in total. The van der Waals surface area contributed by atoms with Crippen LogP contribution in [0.3, 0.4) is 0 Å². The molecule has 5 heteroatoms. The molecule has 0 spiro atoms. The Morgan fingerprint density at radius 3 is 2.17 bits per heavy atom. The number of ether oxygens (including phenoxy) is 2. The van der Waals surface area contributed by atoms with Gasteiger partial charge < -0.3 is 9.47 Å². The monoisotopic (exact) mass is 494 g/mol. The van der Waals surface area contributed by atoms with Gasteiger partial charge in [-0.3, -0.25) is 0 Å². The van der Waals surface area contributed by atoms with Gasteiger partial charge in [0, 0.05) is 22.6 Å². The quantitative estimate of drug-likeness (QED) is 0.277. The van der Waals surface area contributed by atoms with Crippen LogP contribution in [0.4, 0.5) is 13.2 Å². The van der Waals surface area contributed by atoms with E-state index in [0.717, 1.165) is 25.7 Å². The summed E-state index contributed by atoms with van der Waals surface area (Å²) in [5, 5.41) is 0. The van der Waals surface area contributed by atoms with Crippen LogP contribution in [0.25, 0.3) is 22.3 Å². The smallest absolute Gasteiger partial charge is 0.183 e. The van der Waals surface area contributed by atoms with Crippen molar-refractivity contribution >= 4 is 0 Å². The van der Waals surface area contributed by atoms with Gasteiger partial charge in [-0.05, 0) is 55.4 Å². The second kappa shape index (κ2) is 12.4. The second-order valence-corrected chi connectivity index (χ2v) is 9.33. The summed E-state index contributed by atoms with van der Waals surface area (Å²) in [6.07, 6.45) is 7.83. The molecule has 0 bridgehead atoms. The lowest BCUT2D eigenvalue weighted by Crippen LogP contribution is -2.27. The summed E-state index contributed by atoms with van der Waals surface area (Å²) in [6, 6.07) is 15.0. The van der Waals surface area contributed by atoms with Crippen LogP contribution in [0, 0.1) is 23.4 Å². The van der Waals surface area contributed by atoms with Crippen LogP contribution in [-0.2, 0) is 15.9 Å². The zero-order valence-electron chi connectivity index (χ0n) is 20.9. The largest absolute Gasteiger partial charge is 0.348 e. The minimum absolute atomic E-state index is 0.200. The predicted octanol–water partition coefficient (Wildman–Crippen LogP) is 8.80. The molecular weight excluding hydrogens is 461 g/mol. The first-order chi connectivity index (χ1) is 17.5. The van der Waals surface area contributed by atoms with E-state index in [1.807, 2.05) is 19.9 Å². The zero-order valence-corrected chi connectivity index (χ0v) is 20.9. The molecule has 0 atom stereocenters. The molecule has 0 radical (unpaired) electrons. The van der Waals surface area contributed by atoms with E-state index in [1.54, 1.807) is 48.5 Å². The maximum atomic E-state index is 15.0. The van der Waals surface area contributed by atoms with Gasteiger partial charge in [0.1, 0.15) is 5.82 Å². The Balaban J connectivity index is 1.45. The lowest BCUT2D eigenvalue weighted by molar-refractivity contribution is -0.205. The highest BCUT2D eigenvalue weighted by Crippen LogP contribution is 2.33. The molecule has 0 amide bonds. The Hall–Kier alpha value is -2.89. The summed E-state index contributed by atoms with van der Waals surface area (Å²) in [5.41, 5.74) is 2.85. The van der Waals surface area contributed by atoms with Crippen LogP contribution in [-0.4, -0.2) is 13.2 Å². The molecule has 1 fully saturated rings. The minimum Gasteiger partial charge on any atom is -0.348 e. The third-order valence-corrected chi connectivity index (χ3v) is 6.68. The Bertz CT molecular complexity index is 1180. The second-order valence-electron chi connectivity index (χ2n) is 9.33. The van der Waals surface area contributed by atoms with Crippen molar-refractivity contribution in [2.24, 2.45) is 5.92 Å². The maximum Gasteiger partial charge on any atom is 0.183 e. The fraction of sp³-hybridized carbons (Fsp3) is 0.355. The fourth-order valence-corrected chi connectivity index (χ4v) is 4.52. The van der Waals surface area contributed by atoms with Crippen molar-refractivity contribution in [2.45, 2.75) is 52.2 Å². The first-order valence-electron chi connectivity index (χ1n) is 12.7. The van der Waals surface area contributed by atoms with E-state index in [2.05, 4.69) is 6.08 Å². The highest BCUT2D eigenvalue weighted by atomic mass is 19.2. The number of hydrogen-bond acceptors (Lipinski definition) is 2. The van der Waals surface area contributed by atoms with E-state index in [0.29, 0.717) is 53.4 Å². The summed E-state index contributed by atoms with van der Waals surface area (Å²) in [7, 11) is 0. The molecule has 0 saturated carbocycles. The number of benzene rings is 3. The van der Waals surface area contributed by atoms with E-state index in [4.69, 9.17) is 9.47 Å². The molecule has 1 heterocycles. The van der Waals surface area contributed by atoms with Gasteiger partial charge in [0.05, 0.1) is 13.2 Å². The molecule has 4 rings (SSSR count). The average molecular weight is 495 g/mol. The number of allylic oxidation sites excluding steroid dienone is 2. The van der Waals surface area contributed by atoms with Gasteiger partial charge >= 0.3 is 0 Å². The molecule has 3 aromatic carbocycles. The summed E-state index contributed by atoms with van der Waals surface area (Å²) in [6.45, 7) is 5.19. The molecule has 190 valence electrons. The summed E-state index contributed by atoms with van der Waals surface area (Å²) >= 11 is 0. The first-order valence-corrected chi connectivity index (χ1v) is 12.7. The average Bonchev–Trinajstić information content (AvgIpc) is 2.90. The molecule has 1 aliphatic rings. The molecule has 1 saturated heterocycles. The summed E-state index contributed by atoms with van der Waals surface area (Å²) < 4.78 is 55.9. The molecule has 0 aromatic heterocycles. The minimum atomic E-state index is -0.844. The maximum absolute atomic E-state index is 15.0. The van der Waals surface area contributed by atoms with E-state index in [9.17, 15) is 8.78 Å². The van der Waals surface area contributed by atoms with Crippen molar-refractivity contribution in [1.82, 2.24) is 0 Å².